The molecule has 1 aliphatic rings. The van der Waals surface area contributed by atoms with Crippen molar-refractivity contribution in [3.8, 4) is 5.75 Å². The van der Waals surface area contributed by atoms with Gasteiger partial charge in [0.25, 0.3) is 0 Å². The molecule has 0 saturated heterocycles. The van der Waals surface area contributed by atoms with Crippen molar-refractivity contribution in [3.05, 3.63) is 93.3 Å². The Morgan fingerprint density at radius 2 is 1.78 bits per heavy atom. The Balaban J connectivity index is 1.66. The third kappa shape index (κ3) is 5.73. The number of hydrogen-bond acceptors (Lipinski definition) is 4. The average Bonchev–Trinajstić information content (AvgIpc) is 3.33. The van der Waals surface area contributed by atoms with E-state index in [1.54, 1.807) is 32.2 Å². The lowest BCUT2D eigenvalue weighted by atomic mass is 9.96. The number of carbonyl (C=O) groups excluding carboxylic acids is 1. The van der Waals surface area contributed by atoms with Crippen molar-refractivity contribution in [2.24, 2.45) is 0 Å². The maximum Gasteiger partial charge on any atom is 0.416 e. The molecule has 1 aliphatic carbocycles. The van der Waals surface area contributed by atoms with Crippen LogP contribution in [0.15, 0.2) is 54.7 Å². The Morgan fingerprint density at radius 3 is 2.47 bits per heavy atom. The number of esters is 1. The Morgan fingerprint density at radius 1 is 1.06 bits per heavy atom. The molecule has 188 valence electrons. The van der Waals surface area contributed by atoms with E-state index in [4.69, 9.17) is 21.1 Å². The Labute approximate surface area is 212 Å². The number of benzene rings is 2. The lowest BCUT2D eigenvalue weighted by Gasteiger charge is -2.16. The number of carbonyl (C=O) groups is 1. The van der Waals surface area contributed by atoms with Crippen molar-refractivity contribution >= 4 is 28.7 Å². The monoisotopic (exact) mass is 515 g/mol. The maximum absolute atomic E-state index is 12.9. The molecule has 1 heterocycles. The van der Waals surface area contributed by atoms with Crippen molar-refractivity contribution in [2.75, 3.05) is 6.61 Å². The van der Waals surface area contributed by atoms with E-state index in [9.17, 15) is 18.0 Å². The van der Waals surface area contributed by atoms with Crippen LogP contribution in [0.3, 0.4) is 0 Å². The normalized spacial score (nSPS) is 13.7. The molecular weight excluding hydrogens is 491 g/mol. The fourth-order valence-corrected chi connectivity index (χ4v) is 4.46. The average molecular weight is 516 g/mol. The lowest BCUT2D eigenvalue weighted by molar-refractivity contribution is -0.137. The van der Waals surface area contributed by atoms with Crippen molar-refractivity contribution in [1.29, 1.82) is 0 Å². The molecule has 1 aromatic heterocycles. The summed E-state index contributed by atoms with van der Waals surface area (Å²) in [6, 6.07) is 12.0. The summed E-state index contributed by atoms with van der Waals surface area (Å²) in [5.74, 6) is 0.173. The molecule has 0 N–H and O–H groups in total. The minimum absolute atomic E-state index is 0.106. The van der Waals surface area contributed by atoms with Gasteiger partial charge in [0.05, 0.1) is 23.4 Å². The zero-order valence-electron chi connectivity index (χ0n) is 19.9. The Hall–Kier alpha value is -3.32. The molecule has 0 aliphatic heterocycles. The van der Waals surface area contributed by atoms with Gasteiger partial charge >= 0.3 is 12.1 Å². The van der Waals surface area contributed by atoms with Gasteiger partial charge in [-0.2, -0.15) is 13.2 Å². The van der Waals surface area contributed by atoms with E-state index in [0.717, 1.165) is 53.7 Å². The third-order valence-electron chi connectivity index (χ3n) is 6.09. The van der Waals surface area contributed by atoms with Crippen molar-refractivity contribution in [3.63, 3.8) is 0 Å². The second kappa shape index (κ2) is 10.7. The number of halogens is 4. The second-order valence-corrected chi connectivity index (χ2v) is 8.95. The Bertz CT molecular complexity index is 1300. The van der Waals surface area contributed by atoms with E-state index >= 15 is 0 Å². The molecule has 0 unspecified atom stereocenters. The van der Waals surface area contributed by atoms with Crippen LogP contribution >= 0.6 is 11.6 Å². The van der Waals surface area contributed by atoms with E-state index < -0.39 is 17.7 Å². The van der Waals surface area contributed by atoms with Gasteiger partial charge < -0.3 is 9.47 Å². The van der Waals surface area contributed by atoms with Crippen LogP contribution in [0.4, 0.5) is 13.2 Å². The van der Waals surface area contributed by atoms with Crippen LogP contribution in [0.25, 0.3) is 11.1 Å². The van der Waals surface area contributed by atoms with Crippen LogP contribution in [-0.2, 0) is 17.5 Å². The van der Waals surface area contributed by atoms with Gasteiger partial charge in [-0.3, -0.25) is 4.98 Å². The van der Waals surface area contributed by atoms with E-state index in [0.29, 0.717) is 27.6 Å². The van der Waals surface area contributed by atoms with Gasteiger partial charge in [0, 0.05) is 16.8 Å². The number of aromatic nitrogens is 1. The number of nitrogens with zero attached hydrogens (tertiary/aromatic N) is 1. The molecule has 8 heteroatoms. The minimum atomic E-state index is -4.38. The molecule has 4 rings (SSSR count). The molecule has 0 spiro atoms. The maximum atomic E-state index is 12.9. The molecule has 0 atom stereocenters. The number of aryl methyl sites for hydroxylation is 1. The summed E-state index contributed by atoms with van der Waals surface area (Å²) in [7, 11) is 0. The molecule has 3 aromatic rings. The van der Waals surface area contributed by atoms with Gasteiger partial charge in [-0.05, 0) is 91.8 Å². The summed E-state index contributed by atoms with van der Waals surface area (Å²) in [5, 5.41) is 0.542. The highest BCUT2D eigenvalue weighted by molar-refractivity contribution is 6.30. The van der Waals surface area contributed by atoms with Gasteiger partial charge in [-0.15, -0.1) is 0 Å². The summed E-state index contributed by atoms with van der Waals surface area (Å²) in [6.45, 7) is 3.91. The van der Waals surface area contributed by atoms with E-state index in [-0.39, 0.29) is 13.2 Å². The molecule has 0 bridgehead atoms. The number of ether oxygens (including phenoxy) is 2. The van der Waals surface area contributed by atoms with Gasteiger partial charge in [0.1, 0.15) is 12.4 Å². The summed E-state index contributed by atoms with van der Waals surface area (Å²) >= 11 is 6.33. The van der Waals surface area contributed by atoms with Crippen LogP contribution in [0, 0.1) is 6.92 Å². The number of pyridine rings is 1. The topological polar surface area (TPSA) is 48.4 Å². The molecule has 0 radical (unpaired) electrons. The Kier molecular flexibility index (Phi) is 7.69. The van der Waals surface area contributed by atoms with Gasteiger partial charge in [-0.1, -0.05) is 23.7 Å². The molecule has 0 saturated carbocycles. The highest BCUT2D eigenvalue weighted by Crippen LogP contribution is 2.44. The first-order valence-electron chi connectivity index (χ1n) is 11.6. The van der Waals surface area contributed by atoms with Crippen molar-refractivity contribution < 1.29 is 27.4 Å². The van der Waals surface area contributed by atoms with E-state index in [1.807, 2.05) is 12.1 Å². The van der Waals surface area contributed by atoms with Crippen LogP contribution in [0.1, 0.15) is 64.5 Å². The molecule has 4 nitrogen and oxygen atoms in total. The van der Waals surface area contributed by atoms with E-state index in [2.05, 4.69) is 4.98 Å². The second-order valence-electron chi connectivity index (χ2n) is 8.51. The van der Waals surface area contributed by atoms with Gasteiger partial charge in [-0.25, -0.2) is 4.79 Å². The predicted octanol–water partition coefficient (Wildman–Crippen LogP) is 7.91. The van der Waals surface area contributed by atoms with Gasteiger partial charge in [0.15, 0.2) is 0 Å². The standard InChI is InChI=1S/C28H25ClF3NO3/c1-3-35-27(34)24-13-19(15-33-17(24)2)22-5-4-6-23(22)25-14-21(29)11-12-26(25)36-16-18-7-9-20(10-8-18)28(30,31)32/h7-15H,3-6,16H2,1-2H3. The first-order chi connectivity index (χ1) is 17.2. The third-order valence-corrected chi connectivity index (χ3v) is 6.33. The lowest BCUT2D eigenvalue weighted by Crippen LogP contribution is -2.08. The molecule has 0 amide bonds. The van der Waals surface area contributed by atoms with Crippen molar-refractivity contribution in [1.82, 2.24) is 4.98 Å². The zero-order valence-corrected chi connectivity index (χ0v) is 20.7. The zero-order chi connectivity index (χ0) is 25.9. The molecular formula is C28H25ClF3NO3. The number of hydrogen-bond donors (Lipinski definition) is 0. The highest BCUT2D eigenvalue weighted by atomic mass is 35.5. The smallest absolute Gasteiger partial charge is 0.416 e. The minimum Gasteiger partial charge on any atom is -0.488 e. The summed E-state index contributed by atoms with van der Waals surface area (Å²) in [6.07, 6.45) is -0.127. The van der Waals surface area contributed by atoms with Crippen LogP contribution < -0.4 is 4.74 Å². The van der Waals surface area contributed by atoms with Gasteiger partial charge in [0.2, 0.25) is 0 Å². The van der Waals surface area contributed by atoms with E-state index in [1.165, 1.54) is 12.1 Å². The number of rotatable bonds is 7. The molecule has 36 heavy (non-hydrogen) atoms. The summed E-state index contributed by atoms with van der Waals surface area (Å²) < 4.78 is 49.8. The van der Waals surface area contributed by atoms with Crippen LogP contribution in [0.2, 0.25) is 5.02 Å². The van der Waals surface area contributed by atoms with Crippen LogP contribution in [-0.4, -0.2) is 17.6 Å². The summed E-state index contributed by atoms with van der Waals surface area (Å²) in [5.41, 5.74) is 4.69. The quantitative estimate of drug-likeness (QED) is 0.300. The summed E-state index contributed by atoms with van der Waals surface area (Å²) in [4.78, 5) is 16.8. The highest BCUT2D eigenvalue weighted by Gasteiger charge is 2.30. The first kappa shape index (κ1) is 25.8. The predicted molar refractivity (Wildman–Crippen MR) is 133 cm³/mol. The SMILES string of the molecule is CCOC(=O)c1cc(C2=C(c3cc(Cl)ccc3OCc3ccc(C(F)(F)F)cc3)CCC2)cnc1C. The number of allylic oxidation sites excluding steroid dienone is 2. The number of alkyl halides is 3. The fraction of sp³-hybridized carbons (Fsp3) is 0.286. The van der Waals surface area contributed by atoms with Crippen LogP contribution in [0.5, 0.6) is 5.75 Å². The fourth-order valence-electron chi connectivity index (χ4n) is 4.29. The molecule has 2 aromatic carbocycles. The van der Waals surface area contributed by atoms with Crippen molar-refractivity contribution in [2.45, 2.75) is 45.9 Å². The molecule has 0 fully saturated rings. The first-order valence-corrected chi connectivity index (χ1v) is 12.0. The largest absolute Gasteiger partial charge is 0.488 e.